The summed E-state index contributed by atoms with van der Waals surface area (Å²) in [6.07, 6.45) is 8.21. The van der Waals surface area contributed by atoms with Gasteiger partial charge in [0, 0.05) is 11.0 Å². The molecule has 2 aromatic heterocycles. The Hall–Kier alpha value is -1.75. The number of nitrogens with zero attached hydrogens (tertiary/aromatic N) is 4. The highest BCUT2D eigenvalue weighted by Crippen LogP contribution is 2.60. The molecule has 4 bridgehead atoms. The van der Waals surface area contributed by atoms with Crippen LogP contribution in [-0.4, -0.2) is 19.8 Å². The minimum absolute atomic E-state index is 0.0966. The molecule has 0 unspecified atom stereocenters. The van der Waals surface area contributed by atoms with Gasteiger partial charge in [-0.2, -0.15) is 9.61 Å². The summed E-state index contributed by atoms with van der Waals surface area (Å²) in [7, 11) is 0. The van der Waals surface area contributed by atoms with Crippen molar-refractivity contribution >= 4 is 16.3 Å². The first-order valence-corrected chi connectivity index (χ1v) is 13.2. The summed E-state index contributed by atoms with van der Waals surface area (Å²) in [5.74, 6) is 3.83. The fourth-order valence-corrected chi connectivity index (χ4v) is 7.89. The Morgan fingerprint density at radius 1 is 0.812 bits per heavy atom. The third kappa shape index (κ3) is 3.26. The molecule has 0 aliphatic heterocycles. The fourth-order valence-electron chi connectivity index (χ4n) is 7.07. The van der Waals surface area contributed by atoms with Gasteiger partial charge in [-0.05, 0) is 90.4 Å². The topological polar surface area (TPSA) is 43.1 Å². The van der Waals surface area contributed by atoms with Gasteiger partial charge in [-0.3, -0.25) is 0 Å². The molecule has 4 saturated carbocycles. The van der Waals surface area contributed by atoms with E-state index in [9.17, 15) is 0 Å². The van der Waals surface area contributed by atoms with Crippen molar-refractivity contribution in [3.05, 3.63) is 35.2 Å². The Balaban J connectivity index is 1.45. The summed E-state index contributed by atoms with van der Waals surface area (Å²) in [6, 6.07) is 7.06. The van der Waals surface area contributed by atoms with Gasteiger partial charge in [0.2, 0.25) is 4.96 Å². The Labute approximate surface area is 195 Å². The van der Waals surface area contributed by atoms with Crippen LogP contribution in [0.2, 0.25) is 0 Å². The van der Waals surface area contributed by atoms with Gasteiger partial charge in [0.05, 0.1) is 0 Å². The second-order valence-corrected chi connectivity index (χ2v) is 14.1. The van der Waals surface area contributed by atoms with Crippen LogP contribution in [0.3, 0.4) is 0 Å². The molecule has 5 heteroatoms. The second kappa shape index (κ2) is 6.65. The van der Waals surface area contributed by atoms with Crippen LogP contribution in [0.1, 0.15) is 97.0 Å². The molecule has 4 fully saturated rings. The van der Waals surface area contributed by atoms with Crippen molar-refractivity contribution in [2.24, 2.45) is 17.8 Å². The lowest BCUT2D eigenvalue weighted by atomic mass is 9.49. The molecule has 1 aromatic carbocycles. The van der Waals surface area contributed by atoms with Crippen LogP contribution in [0.25, 0.3) is 15.5 Å². The summed E-state index contributed by atoms with van der Waals surface area (Å²) in [6.45, 7) is 13.8. The number of rotatable bonds is 2. The van der Waals surface area contributed by atoms with Crippen molar-refractivity contribution in [1.29, 1.82) is 0 Å². The third-order valence-electron chi connectivity index (χ3n) is 8.42. The Morgan fingerprint density at radius 2 is 1.34 bits per heavy atom. The van der Waals surface area contributed by atoms with E-state index in [1.165, 1.54) is 55.2 Å². The summed E-state index contributed by atoms with van der Waals surface area (Å²) in [5.41, 5.74) is 4.36. The van der Waals surface area contributed by atoms with Gasteiger partial charge in [-0.25, -0.2) is 0 Å². The summed E-state index contributed by atoms with van der Waals surface area (Å²) >= 11 is 1.69. The van der Waals surface area contributed by atoms with Gasteiger partial charge in [-0.1, -0.05) is 58.9 Å². The van der Waals surface area contributed by atoms with E-state index in [0.717, 1.165) is 33.5 Å². The molecule has 0 atom stereocenters. The molecule has 0 radical (unpaired) electrons. The Bertz CT molecular complexity index is 1120. The standard InChI is InChI=1S/C27H36N4S/c1-25(2,3)20-10-19(11-21(12-20)26(4,5)6)22-30-31-23(28-29-24(31)32-22)27-13-16-7-17(14-27)9-18(8-16)15-27/h10-12,16-18H,7-9,13-15H2,1-6H3. The second-order valence-electron chi connectivity index (χ2n) is 13.1. The van der Waals surface area contributed by atoms with Gasteiger partial charge in [0.25, 0.3) is 0 Å². The normalized spacial score (nSPS) is 29.9. The minimum atomic E-state index is 0.0966. The van der Waals surface area contributed by atoms with E-state index >= 15 is 0 Å². The van der Waals surface area contributed by atoms with E-state index in [-0.39, 0.29) is 16.2 Å². The molecular weight excluding hydrogens is 412 g/mol. The molecule has 3 aromatic rings. The first kappa shape index (κ1) is 20.8. The molecule has 4 nitrogen and oxygen atoms in total. The number of hydrogen-bond donors (Lipinski definition) is 0. The molecule has 4 aliphatic carbocycles. The van der Waals surface area contributed by atoms with E-state index in [4.69, 9.17) is 10.2 Å². The average Bonchev–Trinajstić information content (AvgIpc) is 3.26. The Morgan fingerprint density at radius 3 is 1.84 bits per heavy atom. The summed E-state index contributed by atoms with van der Waals surface area (Å²) in [4.78, 5) is 0.948. The molecule has 0 saturated heterocycles. The molecule has 7 rings (SSSR count). The van der Waals surface area contributed by atoms with Crippen LogP contribution in [0, 0.1) is 17.8 Å². The quantitative estimate of drug-likeness (QED) is 0.427. The van der Waals surface area contributed by atoms with Gasteiger partial charge in [0.1, 0.15) is 5.01 Å². The SMILES string of the molecule is CC(C)(C)c1cc(-c2nn3c(C45CC6CC(CC(C6)C4)C5)nnc3s2)cc(C(C)(C)C)c1. The summed E-state index contributed by atoms with van der Waals surface area (Å²) < 4.78 is 2.12. The molecule has 0 N–H and O–H groups in total. The highest BCUT2D eigenvalue weighted by atomic mass is 32.1. The molecule has 170 valence electrons. The zero-order valence-electron chi connectivity index (χ0n) is 20.4. The highest BCUT2D eigenvalue weighted by molar-refractivity contribution is 7.19. The summed E-state index contributed by atoms with van der Waals surface area (Å²) in [5, 5.41) is 15.6. The lowest BCUT2D eigenvalue weighted by Gasteiger charge is -2.55. The van der Waals surface area contributed by atoms with E-state index in [0.29, 0.717) is 0 Å². The van der Waals surface area contributed by atoms with Crippen molar-refractivity contribution in [3.8, 4) is 10.6 Å². The van der Waals surface area contributed by atoms with Crippen molar-refractivity contribution in [3.63, 3.8) is 0 Å². The molecular formula is C27H36N4S. The van der Waals surface area contributed by atoms with E-state index < -0.39 is 0 Å². The van der Waals surface area contributed by atoms with Crippen LogP contribution < -0.4 is 0 Å². The van der Waals surface area contributed by atoms with E-state index in [1.54, 1.807) is 11.3 Å². The largest absolute Gasteiger partial charge is 0.235 e. The molecule has 2 heterocycles. The molecule has 0 amide bonds. The number of benzene rings is 1. The maximum atomic E-state index is 5.16. The average molecular weight is 449 g/mol. The first-order valence-electron chi connectivity index (χ1n) is 12.4. The van der Waals surface area contributed by atoms with Crippen LogP contribution in [0.4, 0.5) is 0 Å². The molecule has 4 aliphatic rings. The minimum Gasteiger partial charge on any atom is -0.186 e. The van der Waals surface area contributed by atoms with Crippen molar-refractivity contribution in [1.82, 2.24) is 19.8 Å². The van der Waals surface area contributed by atoms with Crippen LogP contribution >= 0.6 is 11.3 Å². The maximum Gasteiger partial charge on any atom is 0.235 e. The first-order chi connectivity index (χ1) is 15.0. The zero-order valence-corrected chi connectivity index (χ0v) is 21.2. The van der Waals surface area contributed by atoms with E-state index in [1.807, 2.05) is 0 Å². The third-order valence-corrected chi connectivity index (χ3v) is 9.36. The molecule has 0 spiro atoms. The molecule has 32 heavy (non-hydrogen) atoms. The van der Waals surface area contributed by atoms with Gasteiger partial charge in [0.15, 0.2) is 5.82 Å². The van der Waals surface area contributed by atoms with Crippen LogP contribution in [-0.2, 0) is 16.2 Å². The highest BCUT2D eigenvalue weighted by Gasteiger charge is 2.54. The van der Waals surface area contributed by atoms with Gasteiger partial charge >= 0.3 is 0 Å². The maximum absolute atomic E-state index is 5.16. The number of hydrogen-bond acceptors (Lipinski definition) is 4. The van der Waals surface area contributed by atoms with Crippen LogP contribution in [0.15, 0.2) is 18.2 Å². The van der Waals surface area contributed by atoms with Gasteiger partial charge in [-0.15, -0.1) is 10.2 Å². The van der Waals surface area contributed by atoms with Gasteiger partial charge < -0.3 is 0 Å². The van der Waals surface area contributed by atoms with E-state index in [2.05, 4.69) is 69.4 Å². The van der Waals surface area contributed by atoms with Crippen molar-refractivity contribution < 1.29 is 0 Å². The number of fused-ring (bicyclic) bond motifs is 1. The lowest BCUT2D eigenvalue weighted by Crippen LogP contribution is -2.49. The predicted octanol–water partition coefficient (Wildman–Crippen LogP) is 6.92. The smallest absolute Gasteiger partial charge is 0.186 e. The van der Waals surface area contributed by atoms with Crippen molar-refractivity contribution in [2.75, 3.05) is 0 Å². The van der Waals surface area contributed by atoms with Crippen molar-refractivity contribution in [2.45, 2.75) is 96.3 Å². The zero-order chi connectivity index (χ0) is 22.5. The fraction of sp³-hybridized carbons (Fsp3) is 0.667. The monoisotopic (exact) mass is 448 g/mol. The Kier molecular flexibility index (Phi) is 4.33. The van der Waals surface area contributed by atoms with Crippen LogP contribution in [0.5, 0.6) is 0 Å². The lowest BCUT2D eigenvalue weighted by molar-refractivity contribution is -0.0103. The predicted molar refractivity (Wildman–Crippen MR) is 131 cm³/mol. The number of aromatic nitrogens is 4.